The zero-order valence-corrected chi connectivity index (χ0v) is 11.8. The van der Waals surface area contributed by atoms with Gasteiger partial charge in [0.05, 0.1) is 6.04 Å². The van der Waals surface area contributed by atoms with Gasteiger partial charge < -0.3 is 10.6 Å². The summed E-state index contributed by atoms with van der Waals surface area (Å²) in [5.74, 6) is 0. The van der Waals surface area contributed by atoms with Gasteiger partial charge in [-0.15, -0.1) is 0 Å². The van der Waals surface area contributed by atoms with Crippen LogP contribution in [0.1, 0.15) is 17.2 Å². The van der Waals surface area contributed by atoms with E-state index >= 15 is 0 Å². The Balaban J connectivity index is 2.04. The van der Waals surface area contributed by atoms with Crippen molar-refractivity contribution in [2.24, 2.45) is 5.73 Å². The smallest absolute Gasteiger partial charge is 0.0672 e. The molecule has 0 saturated heterocycles. The SMILES string of the molecule is NCC1c2cccc(Cl)c2CN1c1cccc(Cl)c1. The summed E-state index contributed by atoms with van der Waals surface area (Å²) in [4.78, 5) is 2.25. The van der Waals surface area contributed by atoms with Crippen molar-refractivity contribution in [3.63, 3.8) is 0 Å². The molecule has 0 bridgehead atoms. The maximum atomic E-state index is 6.28. The van der Waals surface area contributed by atoms with Crippen LogP contribution in [0.4, 0.5) is 5.69 Å². The zero-order valence-electron chi connectivity index (χ0n) is 10.3. The van der Waals surface area contributed by atoms with Crippen LogP contribution in [-0.4, -0.2) is 6.54 Å². The van der Waals surface area contributed by atoms with Crippen molar-refractivity contribution in [3.8, 4) is 0 Å². The standard InChI is InChI=1S/C15H14Cl2N2/c16-10-3-1-4-11(7-10)19-9-13-12(15(19)8-18)5-2-6-14(13)17/h1-7,15H,8-9,18H2. The highest BCUT2D eigenvalue weighted by Gasteiger charge is 2.30. The van der Waals surface area contributed by atoms with Crippen molar-refractivity contribution in [1.29, 1.82) is 0 Å². The van der Waals surface area contributed by atoms with Crippen molar-refractivity contribution in [2.75, 3.05) is 11.4 Å². The van der Waals surface area contributed by atoms with Crippen LogP contribution in [0.25, 0.3) is 0 Å². The Morgan fingerprint density at radius 3 is 2.68 bits per heavy atom. The lowest BCUT2D eigenvalue weighted by atomic mass is 10.1. The number of anilines is 1. The van der Waals surface area contributed by atoms with E-state index in [0.29, 0.717) is 6.54 Å². The van der Waals surface area contributed by atoms with E-state index in [1.165, 1.54) is 11.1 Å². The Bertz CT molecular complexity index is 613. The lowest BCUT2D eigenvalue weighted by molar-refractivity contribution is 0.679. The number of hydrogen-bond donors (Lipinski definition) is 1. The second-order valence-corrected chi connectivity index (χ2v) is 5.51. The van der Waals surface area contributed by atoms with Crippen LogP contribution in [0.3, 0.4) is 0 Å². The van der Waals surface area contributed by atoms with Gasteiger partial charge in [-0.2, -0.15) is 0 Å². The quantitative estimate of drug-likeness (QED) is 0.906. The average Bonchev–Trinajstić information content (AvgIpc) is 2.79. The molecule has 19 heavy (non-hydrogen) atoms. The van der Waals surface area contributed by atoms with Crippen molar-refractivity contribution in [1.82, 2.24) is 0 Å². The molecule has 3 rings (SSSR count). The van der Waals surface area contributed by atoms with Gasteiger partial charge in [0.25, 0.3) is 0 Å². The van der Waals surface area contributed by atoms with Crippen LogP contribution in [0.5, 0.6) is 0 Å². The van der Waals surface area contributed by atoms with Crippen molar-refractivity contribution in [3.05, 3.63) is 63.6 Å². The summed E-state index contributed by atoms with van der Waals surface area (Å²) in [6.07, 6.45) is 0. The molecule has 1 atom stereocenters. The molecule has 1 unspecified atom stereocenters. The summed E-state index contributed by atoms with van der Waals surface area (Å²) < 4.78 is 0. The fraction of sp³-hybridized carbons (Fsp3) is 0.200. The van der Waals surface area contributed by atoms with Crippen LogP contribution in [0, 0.1) is 0 Å². The Labute approximate surface area is 122 Å². The molecule has 0 aromatic heterocycles. The Morgan fingerprint density at radius 2 is 1.95 bits per heavy atom. The number of halogens is 2. The first-order chi connectivity index (χ1) is 9.20. The van der Waals surface area contributed by atoms with E-state index in [4.69, 9.17) is 28.9 Å². The molecule has 2 aromatic carbocycles. The highest BCUT2D eigenvalue weighted by molar-refractivity contribution is 6.31. The molecule has 2 aromatic rings. The minimum atomic E-state index is 0.159. The van der Waals surface area contributed by atoms with Crippen molar-refractivity contribution >= 4 is 28.9 Å². The predicted octanol–water partition coefficient (Wildman–Crippen LogP) is 4.01. The summed E-state index contributed by atoms with van der Waals surface area (Å²) in [6.45, 7) is 1.33. The summed E-state index contributed by atoms with van der Waals surface area (Å²) in [6, 6.07) is 14.0. The second-order valence-electron chi connectivity index (χ2n) is 4.67. The second kappa shape index (κ2) is 5.04. The van der Waals surface area contributed by atoms with E-state index in [0.717, 1.165) is 22.3 Å². The van der Waals surface area contributed by atoms with Gasteiger partial charge in [-0.1, -0.05) is 41.4 Å². The summed E-state index contributed by atoms with van der Waals surface area (Å²) in [5, 5.41) is 1.54. The molecule has 0 spiro atoms. The lowest BCUT2D eigenvalue weighted by Crippen LogP contribution is -2.27. The lowest BCUT2D eigenvalue weighted by Gasteiger charge is -2.26. The molecule has 2 nitrogen and oxygen atoms in total. The molecule has 1 aliphatic heterocycles. The van der Waals surface area contributed by atoms with Gasteiger partial charge in [0.1, 0.15) is 0 Å². The van der Waals surface area contributed by atoms with E-state index in [9.17, 15) is 0 Å². The van der Waals surface area contributed by atoms with Gasteiger partial charge in [0.15, 0.2) is 0 Å². The molecule has 0 radical (unpaired) electrons. The minimum absolute atomic E-state index is 0.159. The normalized spacial score (nSPS) is 17.6. The fourth-order valence-electron chi connectivity index (χ4n) is 2.68. The first-order valence-electron chi connectivity index (χ1n) is 6.20. The molecule has 0 aliphatic carbocycles. The number of nitrogens with two attached hydrogens (primary N) is 1. The molecular formula is C15H14Cl2N2. The monoisotopic (exact) mass is 292 g/mol. The largest absolute Gasteiger partial charge is 0.359 e. The van der Waals surface area contributed by atoms with Gasteiger partial charge in [0, 0.05) is 28.8 Å². The maximum Gasteiger partial charge on any atom is 0.0672 e. The Morgan fingerprint density at radius 1 is 1.16 bits per heavy atom. The topological polar surface area (TPSA) is 29.3 Å². The van der Waals surface area contributed by atoms with E-state index in [2.05, 4.69) is 11.0 Å². The third-order valence-electron chi connectivity index (χ3n) is 3.58. The summed E-state index contributed by atoms with van der Waals surface area (Å²) in [7, 11) is 0. The third kappa shape index (κ3) is 2.20. The van der Waals surface area contributed by atoms with Gasteiger partial charge >= 0.3 is 0 Å². The first-order valence-corrected chi connectivity index (χ1v) is 6.96. The highest BCUT2D eigenvalue weighted by Crippen LogP contribution is 2.40. The highest BCUT2D eigenvalue weighted by atomic mass is 35.5. The molecule has 98 valence electrons. The van der Waals surface area contributed by atoms with Crippen LogP contribution in [-0.2, 0) is 6.54 Å². The zero-order chi connectivity index (χ0) is 13.4. The number of benzene rings is 2. The number of hydrogen-bond acceptors (Lipinski definition) is 2. The van der Waals surface area contributed by atoms with Crippen LogP contribution >= 0.6 is 23.2 Å². The molecule has 0 saturated carbocycles. The van der Waals surface area contributed by atoms with Gasteiger partial charge in [-0.05, 0) is 35.4 Å². The average molecular weight is 293 g/mol. The minimum Gasteiger partial charge on any atom is -0.359 e. The molecule has 1 aliphatic rings. The Kier molecular flexibility index (Phi) is 3.40. The van der Waals surface area contributed by atoms with Gasteiger partial charge in [-0.25, -0.2) is 0 Å². The molecule has 1 heterocycles. The van der Waals surface area contributed by atoms with E-state index in [1.54, 1.807) is 0 Å². The number of nitrogens with zero attached hydrogens (tertiary/aromatic N) is 1. The molecular weight excluding hydrogens is 279 g/mol. The van der Waals surface area contributed by atoms with Crippen LogP contribution in [0.15, 0.2) is 42.5 Å². The molecule has 0 fully saturated rings. The molecule has 2 N–H and O–H groups in total. The molecule has 4 heteroatoms. The van der Waals surface area contributed by atoms with Crippen LogP contribution < -0.4 is 10.6 Å². The van der Waals surface area contributed by atoms with Gasteiger partial charge in [-0.3, -0.25) is 0 Å². The van der Waals surface area contributed by atoms with E-state index < -0.39 is 0 Å². The van der Waals surface area contributed by atoms with Crippen molar-refractivity contribution in [2.45, 2.75) is 12.6 Å². The fourth-order valence-corrected chi connectivity index (χ4v) is 3.11. The number of fused-ring (bicyclic) bond motifs is 1. The van der Waals surface area contributed by atoms with Gasteiger partial charge in [0.2, 0.25) is 0 Å². The van der Waals surface area contributed by atoms with E-state index in [1.807, 2.05) is 36.4 Å². The van der Waals surface area contributed by atoms with E-state index in [-0.39, 0.29) is 6.04 Å². The maximum absolute atomic E-state index is 6.28. The predicted molar refractivity (Wildman–Crippen MR) is 80.9 cm³/mol. The number of rotatable bonds is 2. The first kappa shape index (κ1) is 12.8. The molecule has 0 amide bonds. The Hall–Kier alpha value is -1.22. The summed E-state index contributed by atoms with van der Waals surface area (Å²) >= 11 is 12.4. The summed E-state index contributed by atoms with van der Waals surface area (Å²) in [5.41, 5.74) is 9.41. The third-order valence-corrected chi connectivity index (χ3v) is 4.17. The van der Waals surface area contributed by atoms with Crippen molar-refractivity contribution < 1.29 is 0 Å². The van der Waals surface area contributed by atoms with Crippen LogP contribution in [0.2, 0.25) is 10.0 Å².